The normalized spacial score (nSPS) is 11.0. The lowest BCUT2D eigenvalue weighted by Crippen LogP contribution is -1.94. The second kappa shape index (κ2) is 3.39. The zero-order valence-electron chi connectivity index (χ0n) is 7.46. The van der Waals surface area contributed by atoms with E-state index in [0.29, 0.717) is 0 Å². The summed E-state index contributed by atoms with van der Waals surface area (Å²) in [5.74, 6) is 0. The van der Waals surface area contributed by atoms with Crippen LogP contribution in [0, 0.1) is 0 Å². The highest BCUT2D eigenvalue weighted by Gasteiger charge is 2.08. The summed E-state index contributed by atoms with van der Waals surface area (Å²) in [6, 6.07) is 8.01. The molecular formula is C9H5BrN4S. The monoisotopic (exact) mass is 280 g/mol. The van der Waals surface area contributed by atoms with E-state index in [1.807, 2.05) is 30.5 Å². The highest BCUT2D eigenvalue weighted by molar-refractivity contribution is 9.11. The molecule has 0 spiro atoms. The van der Waals surface area contributed by atoms with Gasteiger partial charge in [0, 0.05) is 5.39 Å². The molecule has 2 heterocycles. The van der Waals surface area contributed by atoms with Gasteiger partial charge >= 0.3 is 0 Å². The predicted octanol–water partition coefficient (Wildman–Crippen LogP) is 2.64. The number of benzene rings is 1. The molecule has 0 aliphatic heterocycles. The minimum Gasteiger partial charge on any atom is -0.204 e. The van der Waals surface area contributed by atoms with Crippen LogP contribution in [0.1, 0.15) is 0 Å². The van der Waals surface area contributed by atoms with Crippen LogP contribution in [0.3, 0.4) is 0 Å². The van der Waals surface area contributed by atoms with Gasteiger partial charge in [-0.15, -0.1) is 10.2 Å². The van der Waals surface area contributed by atoms with Gasteiger partial charge in [-0.05, 0) is 22.0 Å². The van der Waals surface area contributed by atoms with Gasteiger partial charge in [0.25, 0.3) is 0 Å². The van der Waals surface area contributed by atoms with Crippen LogP contribution in [-0.2, 0) is 0 Å². The first kappa shape index (κ1) is 8.99. The molecule has 4 nitrogen and oxygen atoms in total. The van der Waals surface area contributed by atoms with Crippen molar-refractivity contribution in [1.29, 1.82) is 0 Å². The zero-order chi connectivity index (χ0) is 10.3. The molecule has 3 rings (SSSR count). The Morgan fingerprint density at radius 2 is 2.07 bits per heavy atom. The predicted molar refractivity (Wildman–Crippen MR) is 62.2 cm³/mol. The molecule has 0 fully saturated rings. The first-order valence-corrected chi connectivity index (χ1v) is 5.88. The number of nitrogens with zero attached hydrogens (tertiary/aromatic N) is 4. The van der Waals surface area contributed by atoms with Crippen LogP contribution in [0.25, 0.3) is 16.0 Å². The van der Waals surface area contributed by atoms with Gasteiger partial charge in [-0.1, -0.05) is 29.5 Å². The summed E-state index contributed by atoms with van der Waals surface area (Å²) in [6.45, 7) is 0. The van der Waals surface area contributed by atoms with Crippen LogP contribution in [0.4, 0.5) is 0 Å². The molecule has 0 unspecified atom stereocenters. The number of aromatic nitrogens is 4. The maximum Gasteiger partial charge on any atom is 0.234 e. The highest BCUT2D eigenvalue weighted by Crippen LogP contribution is 2.22. The Morgan fingerprint density at radius 1 is 1.20 bits per heavy atom. The molecule has 6 heteroatoms. The van der Waals surface area contributed by atoms with Crippen LogP contribution in [0.2, 0.25) is 0 Å². The van der Waals surface area contributed by atoms with Crippen molar-refractivity contribution in [3.63, 3.8) is 0 Å². The first-order valence-electron chi connectivity index (χ1n) is 4.27. The van der Waals surface area contributed by atoms with Crippen LogP contribution in [0.15, 0.2) is 34.4 Å². The summed E-state index contributed by atoms with van der Waals surface area (Å²) in [7, 11) is 0. The Kier molecular flexibility index (Phi) is 2.03. The first-order chi connectivity index (χ1) is 7.34. The van der Waals surface area contributed by atoms with Crippen LogP contribution < -0.4 is 0 Å². The molecule has 0 aliphatic carbocycles. The fraction of sp³-hybridized carbons (Fsp3) is 0. The van der Waals surface area contributed by atoms with E-state index in [-0.39, 0.29) is 0 Å². The molecule has 0 saturated heterocycles. The lowest BCUT2D eigenvalue weighted by atomic mass is 10.3. The maximum absolute atomic E-state index is 4.28. The van der Waals surface area contributed by atoms with Crippen molar-refractivity contribution < 1.29 is 0 Å². The Hall–Kier alpha value is -1.27. The van der Waals surface area contributed by atoms with E-state index in [2.05, 4.69) is 31.2 Å². The Morgan fingerprint density at radius 3 is 2.87 bits per heavy atom. The fourth-order valence-corrected chi connectivity index (χ4v) is 2.47. The SMILES string of the molecule is Brc1nnc(-n2ncc3ccccc32)s1. The average Bonchev–Trinajstić information content (AvgIpc) is 2.83. The van der Waals surface area contributed by atoms with Gasteiger partial charge in [-0.3, -0.25) is 0 Å². The molecule has 0 atom stereocenters. The van der Waals surface area contributed by atoms with Crippen molar-refractivity contribution in [2.24, 2.45) is 0 Å². The fourth-order valence-electron chi connectivity index (χ4n) is 1.41. The van der Waals surface area contributed by atoms with E-state index in [9.17, 15) is 0 Å². The van der Waals surface area contributed by atoms with E-state index in [4.69, 9.17) is 0 Å². The second-order valence-electron chi connectivity index (χ2n) is 2.95. The van der Waals surface area contributed by atoms with Gasteiger partial charge in [0.2, 0.25) is 5.13 Å². The van der Waals surface area contributed by atoms with Crippen molar-refractivity contribution in [1.82, 2.24) is 20.0 Å². The number of fused-ring (bicyclic) bond motifs is 1. The summed E-state index contributed by atoms with van der Waals surface area (Å²) in [6.07, 6.45) is 1.82. The van der Waals surface area contributed by atoms with Crippen LogP contribution in [-0.4, -0.2) is 20.0 Å². The zero-order valence-corrected chi connectivity index (χ0v) is 9.86. The minimum atomic E-state index is 0.761. The summed E-state index contributed by atoms with van der Waals surface area (Å²) in [4.78, 5) is 0. The molecule has 74 valence electrons. The van der Waals surface area contributed by atoms with Crippen molar-refractivity contribution in [3.8, 4) is 5.13 Å². The molecular weight excluding hydrogens is 276 g/mol. The molecule has 0 bridgehead atoms. The number of rotatable bonds is 1. The van der Waals surface area contributed by atoms with Crippen LogP contribution >= 0.6 is 27.3 Å². The standard InChI is InChI=1S/C9H5BrN4S/c10-8-12-13-9(15-8)14-7-4-2-1-3-6(7)5-11-14/h1-5H. The average molecular weight is 281 g/mol. The van der Waals surface area contributed by atoms with Gasteiger partial charge in [-0.2, -0.15) is 5.10 Å². The summed E-state index contributed by atoms with van der Waals surface area (Å²) in [5.41, 5.74) is 1.04. The molecule has 0 saturated carbocycles. The molecule has 3 aromatic rings. The minimum absolute atomic E-state index is 0.761. The lowest BCUT2D eigenvalue weighted by Gasteiger charge is -1.95. The van der Waals surface area contributed by atoms with Gasteiger partial charge < -0.3 is 0 Å². The van der Waals surface area contributed by atoms with E-state index in [1.165, 1.54) is 11.3 Å². The van der Waals surface area contributed by atoms with Crippen LogP contribution in [0.5, 0.6) is 0 Å². The Labute approximate surface area is 97.7 Å². The Bertz CT molecular complexity index is 615. The number of para-hydroxylation sites is 1. The summed E-state index contributed by atoms with van der Waals surface area (Å²) < 4.78 is 2.55. The molecule has 2 aromatic heterocycles. The maximum atomic E-state index is 4.28. The van der Waals surface area contributed by atoms with E-state index >= 15 is 0 Å². The van der Waals surface area contributed by atoms with Gasteiger partial charge in [0.1, 0.15) is 0 Å². The highest BCUT2D eigenvalue weighted by atomic mass is 79.9. The third-order valence-corrected chi connectivity index (χ3v) is 3.38. The third-order valence-electron chi connectivity index (χ3n) is 2.05. The van der Waals surface area contributed by atoms with Crippen molar-refractivity contribution in [3.05, 3.63) is 34.4 Å². The molecule has 0 radical (unpaired) electrons. The van der Waals surface area contributed by atoms with Crippen molar-refractivity contribution >= 4 is 38.2 Å². The van der Waals surface area contributed by atoms with E-state index < -0.39 is 0 Å². The molecule has 1 aromatic carbocycles. The Balaban J connectivity index is 2.27. The largest absolute Gasteiger partial charge is 0.234 e. The molecule has 0 amide bonds. The van der Waals surface area contributed by atoms with Gasteiger partial charge in [0.15, 0.2) is 3.92 Å². The van der Waals surface area contributed by atoms with Crippen molar-refractivity contribution in [2.45, 2.75) is 0 Å². The lowest BCUT2D eigenvalue weighted by molar-refractivity contribution is 0.869. The summed E-state index contributed by atoms with van der Waals surface area (Å²) >= 11 is 4.74. The number of hydrogen-bond acceptors (Lipinski definition) is 4. The van der Waals surface area contributed by atoms with Crippen molar-refractivity contribution in [2.75, 3.05) is 0 Å². The van der Waals surface area contributed by atoms with Gasteiger partial charge in [0.05, 0.1) is 11.7 Å². The third kappa shape index (κ3) is 1.46. The topological polar surface area (TPSA) is 43.6 Å². The second-order valence-corrected chi connectivity index (χ2v) is 5.18. The quantitative estimate of drug-likeness (QED) is 0.688. The molecule has 15 heavy (non-hydrogen) atoms. The molecule has 0 N–H and O–H groups in total. The number of hydrogen-bond donors (Lipinski definition) is 0. The smallest absolute Gasteiger partial charge is 0.204 e. The van der Waals surface area contributed by atoms with E-state index in [0.717, 1.165) is 20.0 Å². The number of halogens is 1. The van der Waals surface area contributed by atoms with E-state index in [1.54, 1.807) is 4.68 Å². The van der Waals surface area contributed by atoms with Gasteiger partial charge in [-0.25, -0.2) is 4.68 Å². The summed E-state index contributed by atoms with van der Waals surface area (Å²) in [5, 5.41) is 14.1. The molecule has 0 aliphatic rings.